The van der Waals surface area contributed by atoms with Crippen LogP contribution in [0.25, 0.3) is 10.9 Å². The Morgan fingerprint density at radius 3 is 2.20 bits per heavy atom. The van der Waals surface area contributed by atoms with Crippen molar-refractivity contribution in [1.29, 1.82) is 0 Å². The largest absolute Gasteiger partial charge is 0.508 e. The summed E-state index contributed by atoms with van der Waals surface area (Å²) in [7, 11) is 1.60. The number of carbonyl (C=O) groups is 9. The Bertz CT molecular complexity index is 2150. The zero-order valence-corrected chi connectivity index (χ0v) is 39.7. The molecule has 382 valence electrons. The smallest absolute Gasteiger partial charge is 0.246 e. The number of nitrogens with two attached hydrogens (primary N) is 1. The number of aromatic nitrogens is 1. The standard InChI is InChI=1S/C45H70N12O12/c1-5-24(2)38-43(67)51-20-35(62)49-21-36(63)52-31(19-34(61)48-15-9-7-6-8-14-46)45(69)57-16-10-11-32(57)42(66)56-39(25(3)33(60)23-58)44(68)54-30(41(65)50-22-37(64)55-38)18-28-27-13-12-26(59)17-29(27)53-40(28)47-4/h12-13,17,24-25,30-33,38-39,47,53,58-60H,5-11,14-16,18-23,46H2,1-4H3,(H,48,61)(H,49,62)(H,50,65)(H,51,67)(H,52,63)(H,54,68)(H,55,64)(H,56,66)/t24?,25-,30?,31?,32?,33?,38?,39?/m0/s1. The van der Waals surface area contributed by atoms with Crippen LogP contribution in [-0.4, -0.2) is 168 Å². The number of hydrogen-bond donors (Lipinski definition) is 14. The van der Waals surface area contributed by atoms with Gasteiger partial charge in [-0.1, -0.05) is 40.0 Å². The van der Waals surface area contributed by atoms with Gasteiger partial charge in [0.2, 0.25) is 53.2 Å². The molecule has 7 unspecified atom stereocenters. The van der Waals surface area contributed by atoms with Crippen molar-refractivity contribution in [2.45, 2.75) is 115 Å². The molecule has 1 aromatic carbocycles. The highest BCUT2D eigenvalue weighted by atomic mass is 16.3. The lowest BCUT2D eigenvalue weighted by Gasteiger charge is -2.32. The normalized spacial score (nSPS) is 23.2. The first-order valence-corrected chi connectivity index (χ1v) is 23.5. The Hall–Kier alpha value is -6.53. The van der Waals surface area contributed by atoms with Gasteiger partial charge in [0.25, 0.3) is 0 Å². The fourth-order valence-corrected chi connectivity index (χ4v) is 8.21. The Morgan fingerprint density at radius 1 is 0.826 bits per heavy atom. The van der Waals surface area contributed by atoms with Crippen molar-refractivity contribution in [3.05, 3.63) is 23.8 Å². The number of nitrogens with one attached hydrogen (secondary N) is 10. The van der Waals surface area contributed by atoms with E-state index in [0.717, 1.165) is 24.2 Å². The Kier molecular flexibility index (Phi) is 21.4. The molecule has 3 heterocycles. The second-order valence-corrected chi connectivity index (χ2v) is 17.5. The summed E-state index contributed by atoms with van der Waals surface area (Å²) in [6, 6.07) is -2.60. The zero-order chi connectivity index (χ0) is 50.8. The number of phenols is 1. The summed E-state index contributed by atoms with van der Waals surface area (Å²) in [4.78, 5) is 128. The van der Waals surface area contributed by atoms with Crippen LogP contribution in [0.4, 0.5) is 5.82 Å². The molecule has 24 nitrogen and oxygen atoms in total. The van der Waals surface area contributed by atoms with Crippen molar-refractivity contribution in [1.82, 2.24) is 52.4 Å². The summed E-state index contributed by atoms with van der Waals surface area (Å²) < 4.78 is 0. The van der Waals surface area contributed by atoms with Crippen LogP contribution in [0, 0.1) is 11.8 Å². The van der Waals surface area contributed by atoms with E-state index < -0.39 is 134 Å². The SMILES string of the molecule is CCC(C)C1NC(=O)CNC(=O)C(Cc2c(NC)[nH]c3cc(O)ccc23)NC(=O)C([C@@H](C)C(O)CO)NC(=O)C2CCCN2C(=O)C(CC(=O)NCCCCCCN)NC(=O)CNC(=O)CNC1=O. The highest BCUT2D eigenvalue weighted by Gasteiger charge is 2.42. The number of hydrogen-bond acceptors (Lipinski definition) is 14. The highest BCUT2D eigenvalue weighted by Crippen LogP contribution is 2.30. The molecule has 4 rings (SSSR count). The number of amides is 9. The molecule has 8 atom stereocenters. The molecule has 1 aromatic heterocycles. The molecule has 0 aliphatic carbocycles. The predicted molar refractivity (Wildman–Crippen MR) is 252 cm³/mol. The van der Waals surface area contributed by atoms with E-state index in [4.69, 9.17) is 5.73 Å². The van der Waals surface area contributed by atoms with Crippen LogP contribution in [0.5, 0.6) is 5.75 Å². The van der Waals surface area contributed by atoms with E-state index in [1.165, 1.54) is 19.1 Å². The van der Waals surface area contributed by atoms with Crippen LogP contribution < -0.4 is 53.6 Å². The summed E-state index contributed by atoms with van der Waals surface area (Å²) in [5, 5.41) is 54.9. The minimum absolute atomic E-state index is 0.0117. The molecular weight excluding hydrogens is 901 g/mol. The number of rotatable bonds is 16. The molecule has 2 aliphatic heterocycles. The Labute approximate surface area is 400 Å². The van der Waals surface area contributed by atoms with Crippen LogP contribution in [0.1, 0.15) is 77.7 Å². The number of benzene rings is 1. The fourth-order valence-electron chi connectivity index (χ4n) is 8.21. The third-order valence-electron chi connectivity index (χ3n) is 12.5. The number of H-pyrrole nitrogens is 1. The minimum Gasteiger partial charge on any atom is -0.508 e. The lowest BCUT2D eigenvalue weighted by atomic mass is 9.93. The van der Waals surface area contributed by atoms with Gasteiger partial charge in [-0.15, -0.1) is 0 Å². The Balaban J connectivity index is 1.73. The van der Waals surface area contributed by atoms with Crippen LogP contribution in [0.3, 0.4) is 0 Å². The molecule has 69 heavy (non-hydrogen) atoms. The lowest BCUT2D eigenvalue weighted by molar-refractivity contribution is -0.143. The van der Waals surface area contributed by atoms with Crippen LogP contribution in [0.15, 0.2) is 18.2 Å². The van der Waals surface area contributed by atoms with E-state index in [0.29, 0.717) is 48.1 Å². The van der Waals surface area contributed by atoms with Gasteiger partial charge in [-0.3, -0.25) is 43.2 Å². The average Bonchev–Trinajstić information content (AvgIpc) is 3.96. The van der Waals surface area contributed by atoms with E-state index in [2.05, 4.69) is 52.8 Å². The van der Waals surface area contributed by atoms with Crippen molar-refractivity contribution in [3.8, 4) is 5.75 Å². The van der Waals surface area contributed by atoms with Gasteiger partial charge >= 0.3 is 0 Å². The van der Waals surface area contributed by atoms with E-state index in [1.807, 2.05) is 0 Å². The number of nitrogens with zero attached hydrogens (tertiary/aromatic N) is 1. The monoisotopic (exact) mass is 971 g/mol. The van der Waals surface area contributed by atoms with Gasteiger partial charge in [0.15, 0.2) is 0 Å². The highest BCUT2D eigenvalue weighted by molar-refractivity contribution is 5.99. The topological polar surface area (TPSA) is 368 Å². The lowest BCUT2D eigenvalue weighted by Crippen LogP contribution is -2.61. The number of aromatic hydroxyl groups is 1. The van der Waals surface area contributed by atoms with Crippen molar-refractivity contribution < 1.29 is 58.5 Å². The zero-order valence-electron chi connectivity index (χ0n) is 39.7. The molecule has 24 heteroatoms. The molecule has 2 aromatic rings. The van der Waals surface area contributed by atoms with Crippen molar-refractivity contribution >= 4 is 69.9 Å². The van der Waals surface area contributed by atoms with Gasteiger partial charge in [0.05, 0.1) is 44.3 Å². The molecule has 0 radical (unpaired) electrons. The number of aromatic amines is 1. The van der Waals surface area contributed by atoms with Crippen LogP contribution >= 0.6 is 0 Å². The summed E-state index contributed by atoms with van der Waals surface area (Å²) in [6.45, 7) is 2.89. The fraction of sp³-hybridized carbons (Fsp3) is 0.622. The summed E-state index contributed by atoms with van der Waals surface area (Å²) in [6.07, 6.45) is 1.56. The Morgan fingerprint density at radius 2 is 1.51 bits per heavy atom. The molecule has 0 spiro atoms. The number of unbranched alkanes of at least 4 members (excludes halogenated alkanes) is 3. The first-order chi connectivity index (χ1) is 32.9. The molecule has 2 saturated heterocycles. The van der Waals surface area contributed by atoms with Crippen LogP contribution in [0.2, 0.25) is 0 Å². The molecular formula is C45H70N12O12. The maximum absolute atomic E-state index is 14.5. The molecule has 15 N–H and O–H groups in total. The van der Waals surface area contributed by atoms with E-state index in [1.54, 1.807) is 27.0 Å². The number of aliphatic hydroxyl groups is 2. The molecule has 0 saturated carbocycles. The first-order valence-electron chi connectivity index (χ1n) is 23.5. The van der Waals surface area contributed by atoms with Gasteiger partial charge in [0, 0.05) is 49.5 Å². The van der Waals surface area contributed by atoms with Gasteiger partial charge in [0.1, 0.15) is 41.8 Å². The van der Waals surface area contributed by atoms with Gasteiger partial charge in [-0.2, -0.15) is 0 Å². The molecule has 2 fully saturated rings. The maximum atomic E-state index is 14.5. The number of carbonyl (C=O) groups excluding carboxylic acids is 9. The van der Waals surface area contributed by atoms with Gasteiger partial charge in [-0.05, 0) is 50.3 Å². The number of phenolic OH excluding ortho intramolecular Hbond substituents is 1. The average molecular weight is 971 g/mol. The third-order valence-corrected chi connectivity index (χ3v) is 12.5. The van der Waals surface area contributed by atoms with Crippen molar-refractivity contribution in [3.63, 3.8) is 0 Å². The predicted octanol–water partition coefficient (Wildman–Crippen LogP) is -3.19. The summed E-state index contributed by atoms with van der Waals surface area (Å²) in [5.41, 5.74) is 6.52. The third kappa shape index (κ3) is 15.8. The number of anilines is 1. The number of aliphatic hydroxyl groups excluding tert-OH is 2. The van der Waals surface area contributed by atoms with Gasteiger partial charge in [-0.25, -0.2) is 0 Å². The van der Waals surface area contributed by atoms with Crippen LogP contribution in [-0.2, 0) is 49.6 Å². The molecule has 9 amide bonds. The maximum Gasteiger partial charge on any atom is 0.246 e. The second kappa shape index (κ2) is 26.9. The van der Waals surface area contributed by atoms with Crippen molar-refractivity contribution in [2.24, 2.45) is 17.6 Å². The summed E-state index contributed by atoms with van der Waals surface area (Å²) in [5.74, 6) is -8.59. The minimum atomic E-state index is -1.64. The first kappa shape index (κ1) is 55.1. The van der Waals surface area contributed by atoms with E-state index in [9.17, 15) is 58.5 Å². The van der Waals surface area contributed by atoms with E-state index in [-0.39, 0.29) is 31.7 Å². The quantitative estimate of drug-likeness (QED) is 0.0738. The number of fused-ring (bicyclic) bond motifs is 2. The van der Waals surface area contributed by atoms with Gasteiger partial charge < -0.3 is 78.8 Å². The van der Waals surface area contributed by atoms with E-state index >= 15 is 0 Å². The molecule has 0 bridgehead atoms. The molecule has 2 aliphatic rings. The second-order valence-electron chi connectivity index (χ2n) is 17.5. The summed E-state index contributed by atoms with van der Waals surface area (Å²) >= 11 is 0. The van der Waals surface area contributed by atoms with Crippen molar-refractivity contribution in [2.75, 3.05) is 58.2 Å².